The maximum atomic E-state index is 13.8. The second-order valence-electron chi connectivity index (χ2n) is 12.9. The Balaban J connectivity index is 0.890. The largest absolute Gasteiger partial charge is 0.385 e. The number of nitrogens with zero attached hydrogens (tertiary/aromatic N) is 1. The van der Waals surface area contributed by atoms with Crippen LogP contribution in [-0.4, -0.2) is 64.5 Å². The minimum atomic E-state index is -0.987. The first-order valence-corrected chi connectivity index (χ1v) is 16.9. The molecule has 3 aliphatic rings. The number of piperidine rings is 1. The predicted molar refractivity (Wildman–Crippen MR) is 185 cm³/mol. The molecule has 0 radical (unpaired) electrons. The van der Waals surface area contributed by atoms with Gasteiger partial charge in [-0.3, -0.25) is 39.0 Å². The van der Waals surface area contributed by atoms with E-state index in [0.717, 1.165) is 43.4 Å². The summed E-state index contributed by atoms with van der Waals surface area (Å²) in [6.07, 6.45) is 7.61. The molecule has 12 nitrogen and oxygen atoms in total. The van der Waals surface area contributed by atoms with Crippen LogP contribution in [0.25, 0.3) is 11.6 Å². The van der Waals surface area contributed by atoms with Crippen LogP contribution in [0.3, 0.4) is 0 Å². The number of halogens is 1. The summed E-state index contributed by atoms with van der Waals surface area (Å²) in [7, 11) is 0. The Labute approximate surface area is 288 Å². The van der Waals surface area contributed by atoms with Crippen molar-refractivity contribution in [1.82, 2.24) is 20.5 Å². The Hall–Kier alpha value is -5.59. The zero-order chi connectivity index (χ0) is 35.5. The molecule has 13 heteroatoms. The maximum absolute atomic E-state index is 13.8. The van der Waals surface area contributed by atoms with E-state index < -0.39 is 35.5 Å². The number of aromatic nitrogens is 1. The molecule has 4 heterocycles. The topological polar surface area (TPSA) is 170 Å². The lowest BCUT2D eigenvalue weighted by atomic mass is 10.0. The van der Waals surface area contributed by atoms with Gasteiger partial charge >= 0.3 is 0 Å². The fourth-order valence-corrected chi connectivity index (χ4v) is 6.77. The number of rotatable bonds is 13. The quantitative estimate of drug-likeness (QED) is 0.0976. The Morgan fingerprint density at radius 1 is 0.880 bits per heavy atom. The summed E-state index contributed by atoms with van der Waals surface area (Å²) >= 11 is 0. The van der Waals surface area contributed by atoms with E-state index in [1.165, 1.54) is 18.2 Å². The van der Waals surface area contributed by atoms with E-state index in [-0.39, 0.29) is 35.8 Å². The molecule has 1 fully saturated rings. The van der Waals surface area contributed by atoms with E-state index >= 15 is 0 Å². The van der Waals surface area contributed by atoms with Gasteiger partial charge in [0.1, 0.15) is 11.9 Å². The third-order valence-electron chi connectivity index (χ3n) is 9.41. The molecule has 1 saturated heterocycles. The number of unbranched alkanes of at least 4 members (excludes halogenated alkanes) is 5. The van der Waals surface area contributed by atoms with Crippen molar-refractivity contribution in [2.24, 2.45) is 0 Å². The second-order valence-corrected chi connectivity index (χ2v) is 12.9. The minimum Gasteiger partial charge on any atom is -0.385 e. The number of fused-ring (bicyclic) bond motifs is 2. The number of imide groups is 2. The molecule has 50 heavy (non-hydrogen) atoms. The Morgan fingerprint density at radius 3 is 2.36 bits per heavy atom. The van der Waals surface area contributed by atoms with Crippen LogP contribution in [0.1, 0.15) is 105 Å². The van der Waals surface area contributed by atoms with Crippen molar-refractivity contribution in [3.8, 4) is 0 Å². The van der Waals surface area contributed by atoms with E-state index in [1.807, 2.05) is 13.8 Å². The minimum absolute atomic E-state index is 0.0765. The van der Waals surface area contributed by atoms with Crippen molar-refractivity contribution in [2.75, 3.05) is 23.7 Å². The average molecular weight is 683 g/mol. The lowest BCUT2D eigenvalue weighted by molar-refractivity contribution is -0.136. The molecule has 6 amide bonds. The van der Waals surface area contributed by atoms with Gasteiger partial charge < -0.3 is 20.9 Å². The molecule has 5 N–H and O–H groups in total. The highest BCUT2D eigenvalue weighted by Crippen LogP contribution is 2.34. The van der Waals surface area contributed by atoms with E-state index in [4.69, 9.17) is 0 Å². The lowest BCUT2D eigenvalue weighted by Gasteiger charge is -2.27. The summed E-state index contributed by atoms with van der Waals surface area (Å²) in [5.41, 5.74) is 5.15. The van der Waals surface area contributed by atoms with Crippen LogP contribution in [0, 0.1) is 19.7 Å². The lowest BCUT2D eigenvalue weighted by Crippen LogP contribution is -2.54. The predicted octanol–water partition coefficient (Wildman–Crippen LogP) is 4.85. The first-order chi connectivity index (χ1) is 24.0. The molecule has 3 aromatic rings. The Kier molecular flexibility index (Phi) is 9.93. The number of aromatic amines is 1. The van der Waals surface area contributed by atoms with Gasteiger partial charge in [-0.15, -0.1) is 0 Å². The van der Waals surface area contributed by atoms with Gasteiger partial charge in [-0.1, -0.05) is 25.7 Å². The summed E-state index contributed by atoms with van der Waals surface area (Å²) in [6, 6.07) is 8.14. The van der Waals surface area contributed by atoms with Crippen LogP contribution in [-0.2, 0) is 14.4 Å². The standard InChI is InChI=1S/C37H39FN6O6/c1-20-29(19-26-25-17-22(38)9-12-28(25)42-33(26)46)41-21(2)32(20)35(48)40-16-8-6-4-3-5-7-15-39-23-10-11-24-27(18-23)37(50)44(36(24)49)30-13-14-31(45)43-34(30)47/h9-12,17-19,30,39,41H,3-8,13-16H2,1-2H3,(H,40,48)(H,42,46)(H,43,45,47)/b26-19-. The number of aryl methyl sites for hydroxylation is 1. The molecule has 0 bridgehead atoms. The molecule has 1 aromatic heterocycles. The van der Waals surface area contributed by atoms with E-state index in [2.05, 4.69) is 26.3 Å². The molecule has 1 atom stereocenters. The number of hydrogen-bond acceptors (Lipinski definition) is 7. The van der Waals surface area contributed by atoms with Crippen molar-refractivity contribution in [1.29, 1.82) is 0 Å². The molecule has 260 valence electrons. The van der Waals surface area contributed by atoms with Crippen molar-refractivity contribution in [3.05, 3.63) is 81.4 Å². The molecular weight excluding hydrogens is 643 g/mol. The van der Waals surface area contributed by atoms with Gasteiger partial charge in [-0.2, -0.15) is 0 Å². The van der Waals surface area contributed by atoms with E-state index in [0.29, 0.717) is 58.1 Å². The van der Waals surface area contributed by atoms with E-state index in [9.17, 15) is 33.2 Å². The number of amides is 6. The van der Waals surface area contributed by atoms with Gasteiger partial charge in [-0.25, -0.2) is 4.39 Å². The average Bonchev–Trinajstić information content (AvgIpc) is 3.64. The van der Waals surface area contributed by atoms with Crippen molar-refractivity contribution >= 4 is 58.5 Å². The number of hydrogen-bond donors (Lipinski definition) is 5. The molecule has 0 aliphatic carbocycles. The third-order valence-corrected chi connectivity index (χ3v) is 9.41. The van der Waals surface area contributed by atoms with Gasteiger partial charge in [0.25, 0.3) is 23.6 Å². The van der Waals surface area contributed by atoms with Crippen LogP contribution in [0.15, 0.2) is 36.4 Å². The number of benzene rings is 2. The highest BCUT2D eigenvalue weighted by Gasteiger charge is 2.44. The zero-order valence-corrected chi connectivity index (χ0v) is 28.0. The van der Waals surface area contributed by atoms with E-state index in [1.54, 1.807) is 24.3 Å². The molecule has 1 unspecified atom stereocenters. The first kappa shape index (κ1) is 34.3. The zero-order valence-electron chi connectivity index (χ0n) is 28.0. The van der Waals surface area contributed by atoms with Gasteiger partial charge in [0.05, 0.1) is 22.3 Å². The maximum Gasteiger partial charge on any atom is 0.262 e. The Bertz CT molecular complexity index is 1950. The van der Waals surface area contributed by atoms with Gasteiger partial charge in [-0.05, 0) is 81.1 Å². The molecular formula is C37H39FN6O6. The highest BCUT2D eigenvalue weighted by molar-refractivity contribution is 6.35. The van der Waals surface area contributed by atoms with Crippen molar-refractivity contribution in [2.45, 2.75) is 71.3 Å². The number of carbonyl (C=O) groups excluding carboxylic acids is 6. The smallest absolute Gasteiger partial charge is 0.262 e. The highest BCUT2D eigenvalue weighted by atomic mass is 19.1. The van der Waals surface area contributed by atoms with Crippen molar-refractivity contribution < 1.29 is 33.2 Å². The summed E-state index contributed by atoms with van der Waals surface area (Å²) in [4.78, 5) is 79.4. The normalized spacial score (nSPS) is 17.6. The van der Waals surface area contributed by atoms with Crippen LogP contribution in [0.5, 0.6) is 0 Å². The molecule has 0 saturated carbocycles. The van der Waals surface area contributed by atoms with Gasteiger partial charge in [0.2, 0.25) is 11.8 Å². The molecule has 2 aromatic carbocycles. The summed E-state index contributed by atoms with van der Waals surface area (Å²) < 4.78 is 13.8. The van der Waals surface area contributed by atoms with Crippen LogP contribution < -0.4 is 21.3 Å². The summed E-state index contributed by atoms with van der Waals surface area (Å²) in [5, 5.41) is 11.2. The van der Waals surface area contributed by atoms with Gasteiger partial charge in [0.15, 0.2) is 0 Å². The number of carbonyl (C=O) groups is 6. The van der Waals surface area contributed by atoms with Crippen LogP contribution in [0.4, 0.5) is 15.8 Å². The number of H-pyrrole nitrogens is 1. The molecule has 6 rings (SSSR count). The second kappa shape index (κ2) is 14.5. The first-order valence-electron chi connectivity index (χ1n) is 16.9. The van der Waals surface area contributed by atoms with Crippen LogP contribution in [0.2, 0.25) is 0 Å². The molecule has 0 spiro atoms. The fraction of sp³-hybridized carbons (Fsp3) is 0.351. The van der Waals surface area contributed by atoms with Gasteiger partial charge in [0, 0.05) is 47.8 Å². The monoisotopic (exact) mass is 682 g/mol. The molecule has 3 aliphatic heterocycles. The Morgan fingerprint density at radius 2 is 1.60 bits per heavy atom. The van der Waals surface area contributed by atoms with Crippen LogP contribution >= 0.6 is 0 Å². The summed E-state index contributed by atoms with van der Waals surface area (Å²) in [5.74, 6) is -3.03. The number of nitrogens with one attached hydrogen (secondary N) is 5. The fourth-order valence-electron chi connectivity index (χ4n) is 6.77. The SMILES string of the molecule is Cc1[nH]c(/C=C2\C(=O)Nc3ccc(F)cc32)c(C)c1C(=O)NCCCCCCCCNc1ccc2c(c1)C(=O)N(C1CCC(=O)NC1=O)C2=O. The van der Waals surface area contributed by atoms with Crippen molar-refractivity contribution in [3.63, 3.8) is 0 Å². The third kappa shape index (κ3) is 6.93. The summed E-state index contributed by atoms with van der Waals surface area (Å²) in [6.45, 7) is 4.86. The number of anilines is 2.